The van der Waals surface area contributed by atoms with E-state index < -0.39 is 0 Å². The Kier molecular flexibility index (Phi) is 3.12. The smallest absolute Gasteiger partial charge is 0.258 e. The van der Waals surface area contributed by atoms with Crippen LogP contribution in [0.2, 0.25) is 0 Å². The predicted molar refractivity (Wildman–Crippen MR) is 82.4 cm³/mol. The number of benzene rings is 1. The van der Waals surface area contributed by atoms with Crippen molar-refractivity contribution in [2.45, 2.75) is 34.6 Å². The molecule has 3 nitrogen and oxygen atoms in total. The van der Waals surface area contributed by atoms with E-state index in [9.17, 15) is 10.1 Å². The van der Waals surface area contributed by atoms with Crippen LogP contribution < -0.4 is 0 Å². The molecule has 106 valence electrons. The van der Waals surface area contributed by atoms with Crippen molar-refractivity contribution in [2.75, 3.05) is 0 Å². The van der Waals surface area contributed by atoms with Crippen molar-refractivity contribution in [3.05, 3.63) is 57.7 Å². The lowest BCUT2D eigenvalue weighted by molar-refractivity contribution is -0.384. The molecule has 2 rings (SSSR count). The Morgan fingerprint density at radius 1 is 1.20 bits per heavy atom. The molecule has 20 heavy (non-hydrogen) atoms. The third-order valence-electron chi connectivity index (χ3n) is 4.77. The zero-order valence-electron chi connectivity index (χ0n) is 12.8. The molecule has 0 heterocycles. The first-order valence-corrected chi connectivity index (χ1v) is 6.76. The Morgan fingerprint density at radius 2 is 1.75 bits per heavy atom. The number of nitro groups is 1. The average Bonchev–Trinajstić information content (AvgIpc) is 2.72. The van der Waals surface area contributed by atoms with Crippen LogP contribution in [0, 0.1) is 20.9 Å². The van der Waals surface area contributed by atoms with Gasteiger partial charge in [-0.15, -0.1) is 0 Å². The average molecular weight is 271 g/mol. The molecule has 1 aliphatic rings. The fourth-order valence-electron chi connectivity index (χ4n) is 3.04. The molecule has 1 aromatic rings. The largest absolute Gasteiger partial charge is 0.270 e. The van der Waals surface area contributed by atoms with Gasteiger partial charge in [-0.05, 0) is 34.5 Å². The van der Waals surface area contributed by atoms with Gasteiger partial charge in [-0.2, -0.15) is 0 Å². The fourth-order valence-corrected chi connectivity index (χ4v) is 3.04. The number of hydrogen-bond donors (Lipinski definition) is 0. The maximum atomic E-state index is 11.0. The lowest BCUT2D eigenvalue weighted by atomic mass is 9.96. The first-order chi connectivity index (χ1) is 9.10. The summed E-state index contributed by atoms with van der Waals surface area (Å²) in [6.07, 6.45) is 0. The number of hydrogen-bond acceptors (Lipinski definition) is 2. The zero-order chi connectivity index (χ0) is 15.3. The van der Waals surface area contributed by atoms with Gasteiger partial charge in [-0.1, -0.05) is 52.0 Å². The fraction of sp³-hybridized carbons (Fsp3) is 0.412. The van der Waals surface area contributed by atoms with Crippen molar-refractivity contribution >= 4 is 11.3 Å². The van der Waals surface area contributed by atoms with Gasteiger partial charge in [-0.3, -0.25) is 10.1 Å². The molecule has 0 amide bonds. The standard InChI is InChI=1S/C17H21NO2/c1-11(2)14(15-16(3,4)17(15,5)6)12-8-7-9-13(10-12)18(19)20/h7-10H,1H2,2-6H3. The van der Waals surface area contributed by atoms with Crippen molar-refractivity contribution in [3.8, 4) is 0 Å². The van der Waals surface area contributed by atoms with Gasteiger partial charge >= 0.3 is 0 Å². The van der Waals surface area contributed by atoms with E-state index in [1.165, 1.54) is 11.6 Å². The van der Waals surface area contributed by atoms with E-state index in [1.807, 2.05) is 13.0 Å². The summed E-state index contributed by atoms with van der Waals surface area (Å²) in [5.41, 5.74) is 4.58. The maximum absolute atomic E-state index is 11.0. The Labute approximate surface area is 120 Å². The Hall–Kier alpha value is -1.90. The van der Waals surface area contributed by atoms with E-state index >= 15 is 0 Å². The topological polar surface area (TPSA) is 43.1 Å². The van der Waals surface area contributed by atoms with E-state index in [0.29, 0.717) is 0 Å². The molecule has 1 fully saturated rings. The van der Waals surface area contributed by atoms with Crippen LogP contribution in [0.1, 0.15) is 40.2 Å². The lowest BCUT2D eigenvalue weighted by Gasteiger charge is -2.09. The van der Waals surface area contributed by atoms with Gasteiger partial charge in [-0.25, -0.2) is 0 Å². The van der Waals surface area contributed by atoms with Gasteiger partial charge < -0.3 is 0 Å². The van der Waals surface area contributed by atoms with Crippen LogP contribution in [0.5, 0.6) is 0 Å². The van der Waals surface area contributed by atoms with Crippen LogP contribution in [0.15, 0.2) is 42.0 Å². The van der Waals surface area contributed by atoms with Crippen molar-refractivity contribution in [1.29, 1.82) is 0 Å². The number of non-ortho nitro benzene ring substituents is 1. The Balaban J connectivity index is 2.64. The number of nitro benzene ring substituents is 1. The summed E-state index contributed by atoms with van der Waals surface area (Å²) in [7, 11) is 0. The van der Waals surface area contributed by atoms with Gasteiger partial charge in [0.25, 0.3) is 5.69 Å². The number of allylic oxidation sites excluding steroid dienone is 3. The molecule has 1 aromatic carbocycles. The van der Waals surface area contributed by atoms with Gasteiger partial charge in [0.1, 0.15) is 0 Å². The molecule has 0 saturated heterocycles. The van der Waals surface area contributed by atoms with E-state index in [2.05, 4.69) is 34.3 Å². The SMILES string of the molecule is C=C(C)C(=C1C(C)(C)C1(C)C)c1cccc([N+](=O)[O-])c1. The highest BCUT2D eigenvalue weighted by Crippen LogP contribution is 2.70. The minimum atomic E-state index is -0.354. The monoisotopic (exact) mass is 271 g/mol. The van der Waals surface area contributed by atoms with Crippen molar-refractivity contribution in [2.24, 2.45) is 10.8 Å². The van der Waals surface area contributed by atoms with E-state index in [4.69, 9.17) is 0 Å². The summed E-state index contributed by atoms with van der Waals surface area (Å²) in [4.78, 5) is 10.6. The minimum Gasteiger partial charge on any atom is -0.258 e. The van der Waals surface area contributed by atoms with Crippen LogP contribution in [-0.4, -0.2) is 4.92 Å². The predicted octanol–water partition coefficient (Wildman–Crippen LogP) is 4.99. The minimum absolute atomic E-state index is 0.103. The number of nitrogens with zero attached hydrogens (tertiary/aromatic N) is 1. The number of rotatable bonds is 3. The summed E-state index contributed by atoms with van der Waals surface area (Å²) in [6, 6.07) is 6.82. The molecular weight excluding hydrogens is 250 g/mol. The molecule has 0 aliphatic heterocycles. The highest BCUT2D eigenvalue weighted by molar-refractivity contribution is 5.86. The molecule has 0 atom stereocenters. The second-order valence-corrected chi connectivity index (χ2v) is 6.59. The highest BCUT2D eigenvalue weighted by atomic mass is 16.6. The summed E-state index contributed by atoms with van der Waals surface area (Å²) in [6.45, 7) is 14.9. The third-order valence-corrected chi connectivity index (χ3v) is 4.77. The van der Waals surface area contributed by atoms with Crippen molar-refractivity contribution in [3.63, 3.8) is 0 Å². The Bertz CT molecular complexity index is 620. The van der Waals surface area contributed by atoms with Crippen molar-refractivity contribution in [1.82, 2.24) is 0 Å². The van der Waals surface area contributed by atoms with E-state index in [-0.39, 0.29) is 21.4 Å². The molecule has 1 saturated carbocycles. The van der Waals surface area contributed by atoms with Crippen LogP contribution in [-0.2, 0) is 0 Å². The summed E-state index contributed by atoms with van der Waals surface area (Å²) >= 11 is 0. The summed E-state index contributed by atoms with van der Waals surface area (Å²) in [5.74, 6) is 0. The molecule has 0 aromatic heterocycles. The summed E-state index contributed by atoms with van der Waals surface area (Å²) < 4.78 is 0. The zero-order valence-corrected chi connectivity index (χ0v) is 12.8. The van der Waals surface area contributed by atoms with Gasteiger partial charge in [0.05, 0.1) is 4.92 Å². The molecule has 0 spiro atoms. The molecule has 0 N–H and O–H groups in total. The molecule has 0 bridgehead atoms. The van der Waals surface area contributed by atoms with Gasteiger partial charge in [0.2, 0.25) is 0 Å². The van der Waals surface area contributed by atoms with Crippen LogP contribution >= 0.6 is 0 Å². The molecule has 1 aliphatic carbocycles. The second-order valence-electron chi connectivity index (χ2n) is 6.59. The van der Waals surface area contributed by atoms with Crippen LogP contribution in [0.3, 0.4) is 0 Å². The van der Waals surface area contributed by atoms with Gasteiger partial charge in [0.15, 0.2) is 0 Å². The molecule has 3 heteroatoms. The van der Waals surface area contributed by atoms with Crippen LogP contribution in [0.4, 0.5) is 5.69 Å². The second kappa shape index (κ2) is 4.30. The van der Waals surface area contributed by atoms with Gasteiger partial charge in [0, 0.05) is 12.1 Å². The summed E-state index contributed by atoms with van der Waals surface area (Å²) in [5, 5.41) is 11.0. The lowest BCUT2D eigenvalue weighted by Crippen LogP contribution is -1.95. The van der Waals surface area contributed by atoms with E-state index in [0.717, 1.165) is 16.7 Å². The first kappa shape index (κ1) is 14.5. The normalized spacial score (nSPS) is 18.6. The molecular formula is C17H21NO2. The maximum Gasteiger partial charge on any atom is 0.270 e. The third kappa shape index (κ3) is 1.98. The van der Waals surface area contributed by atoms with Crippen molar-refractivity contribution < 1.29 is 4.92 Å². The molecule has 0 unspecified atom stereocenters. The highest BCUT2D eigenvalue weighted by Gasteiger charge is 2.61. The Morgan fingerprint density at radius 3 is 2.15 bits per heavy atom. The van der Waals surface area contributed by atoms with Crippen LogP contribution in [0.25, 0.3) is 5.57 Å². The van der Waals surface area contributed by atoms with E-state index in [1.54, 1.807) is 12.1 Å². The molecule has 0 radical (unpaired) electrons. The quantitative estimate of drug-likeness (QED) is 0.574. The first-order valence-electron chi connectivity index (χ1n) is 6.76.